The molecule has 0 N–H and O–H groups in total. The SMILES string of the molecule is ClC(c1ccc2c(c1)CCCC2)c1cc(Br)ccc1Br. The molecule has 1 unspecified atom stereocenters. The van der Waals surface area contributed by atoms with Gasteiger partial charge in [0, 0.05) is 8.95 Å². The second-order valence-electron chi connectivity index (χ2n) is 5.26. The third kappa shape index (κ3) is 2.98. The molecule has 2 aromatic rings. The maximum atomic E-state index is 6.70. The Hall–Kier alpha value is -0.310. The van der Waals surface area contributed by atoms with Gasteiger partial charge in [-0.25, -0.2) is 0 Å². The van der Waals surface area contributed by atoms with E-state index in [1.165, 1.54) is 42.4 Å². The zero-order chi connectivity index (χ0) is 14.1. The van der Waals surface area contributed by atoms with Crippen LogP contribution in [0.2, 0.25) is 0 Å². The van der Waals surface area contributed by atoms with Crippen LogP contribution < -0.4 is 0 Å². The number of hydrogen-bond donors (Lipinski definition) is 0. The highest BCUT2D eigenvalue weighted by Crippen LogP contribution is 2.36. The predicted molar refractivity (Wildman–Crippen MR) is 92.6 cm³/mol. The Bertz CT molecular complexity index is 637. The third-order valence-electron chi connectivity index (χ3n) is 3.90. The zero-order valence-corrected chi connectivity index (χ0v) is 14.9. The van der Waals surface area contributed by atoms with Gasteiger partial charge in [-0.3, -0.25) is 0 Å². The summed E-state index contributed by atoms with van der Waals surface area (Å²) in [6.07, 6.45) is 5.01. The van der Waals surface area contributed by atoms with Gasteiger partial charge in [0.15, 0.2) is 0 Å². The van der Waals surface area contributed by atoms with E-state index in [1.807, 2.05) is 12.1 Å². The van der Waals surface area contributed by atoms with Crippen LogP contribution in [0, 0.1) is 0 Å². The number of hydrogen-bond acceptors (Lipinski definition) is 0. The van der Waals surface area contributed by atoms with E-state index in [1.54, 1.807) is 0 Å². The number of alkyl halides is 1. The Morgan fingerprint density at radius 3 is 2.45 bits per heavy atom. The van der Waals surface area contributed by atoms with Crippen molar-refractivity contribution in [2.45, 2.75) is 31.1 Å². The van der Waals surface area contributed by atoms with Crippen molar-refractivity contribution >= 4 is 43.5 Å². The number of halogens is 3. The van der Waals surface area contributed by atoms with E-state index in [0.29, 0.717) is 0 Å². The van der Waals surface area contributed by atoms with E-state index in [9.17, 15) is 0 Å². The lowest BCUT2D eigenvalue weighted by Crippen LogP contribution is -2.04. The topological polar surface area (TPSA) is 0 Å². The third-order valence-corrected chi connectivity index (χ3v) is 5.60. The number of rotatable bonds is 2. The Kier molecular flexibility index (Phi) is 4.54. The van der Waals surface area contributed by atoms with Crippen LogP contribution >= 0.6 is 43.5 Å². The minimum Gasteiger partial charge on any atom is -0.113 e. The molecule has 1 atom stereocenters. The molecule has 3 heteroatoms. The van der Waals surface area contributed by atoms with E-state index in [0.717, 1.165) is 14.5 Å². The molecule has 0 aliphatic heterocycles. The molecule has 0 bridgehead atoms. The molecule has 0 saturated carbocycles. The lowest BCUT2D eigenvalue weighted by molar-refractivity contribution is 0.684. The molecule has 0 spiro atoms. The summed E-state index contributed by atoms with van der Waals surface area (Å²) >= 11 is 13.8. The van der Waals surface area contributed by atoms with E-state index in [4.69, 9.17) is 11.6 Å². The fraction of sp³-hybridized carbons (Fsp3) is 0.294. The number of fused-ring (bicyclic) bond motifs is 1. The van der Waals surface area contributed by atoms with Gasteiger partial charge < -0.3 is 0 Å². The molecule has 1 aliphatic carbocycles. The van der Waals surface area contributed by atoms with E-state index in [2.05, 4.69) is 56.1 Å². The maximum absolute atomic E-state index is 6.70. The van der Waals surface area contributed by atoms with Crippen molar-refractivity contribution < 1.29 is 0 Å². The van der Waals surface area contributed by atoms with Gasteiger partial charge in [-0.05, 0) is 66.1 Å². The Morgan fingerprint density at radius 2 is 1.65 bits per heavy atom. The normalized spacial score (nSPS) is 15.8. The summed E-state index contributed by atoms with van der Waals surface area (Å²) in [5, 5.41) is -0.117. The number of benzene rings is 2. The van der Waals surface area contributed by atoms with Crippen molar-refractivity contribution in [3.8, 4) is 0 Å². The van der Waals surface area contributed by atoms with Gasteiger partial charge in [0.2, 0.25) is 0 Å². The molecule has 0 radical (unpaired) electrons. The van der Waals surface area contributed by atoms with Gasteiger partial charge in [-0.15, -0.1) is 11.6 Å². The quantitative estimate of drug-likeness (QED) is 0.498. The van der Waals surface area contributed by atoms with Crippen LogP contribution in [0.15, 0.2) is 45.3 Å². The Labute approximate surface area is 141 Å². The molecule has 3 rings (SSSR count). The van der Waals surface area contributed by atoms with Gasteiger partial charge >= 0.3 is 0 Å². The molecule has 1 aliphatic rings. The van der Waals surface area contributed by atoms with Crippen LogP contribution in [0.4, 0.5) is 0 Å². The maximum Gasteiger partial charge on any atom is 0.0846 e. The second-order valence-corrected chi connectivity index (χ2v) is 7.47. The Morgan fingerprint density at radius 1 is 0.900 bits per heavy atom. The monoisotopic (exact) mass is 412 g/mol. The van der Waals surface area contributed by atoms with Crippen molar-refractivity contribution in [3.63, 3.8) is 0 Å². The number of aryl methyl sites for hydroxylation is 2. The summed E-state index contributed by atoms with van der Waals surface area (Å²) in [7, 11) is 0. The minimum absolute atomic E-state index is 0.117. The molecule has 2 aromatic carbocycles. The van der Waals surface area contributed by atoms with Crippen molar-refractivity contribution in [1.82, 2.24) is 0 Å². The molecular weight excluding hydrogens is 399 g/mol. The molecule has 0 saturated heterocycles. The first-order valence-electron chi connectivity index (χ1n) is 6.86. The predicted octanol–water partition coefficient (Wildman–Crippen LogP) is 6.42. The summed E-state index contributed by atoms with van der Waals surface area (Å²) in [6.45, 7) is 0. The highest BCUT2D eigenvalue weighted by molar-refractivity contribution is 9.11. The van der Waals surface area contributed by atoms with Crippen molar-refractivity contribution in [3.05, 3.63) is 67.6 Å². The lowest BCUT2D eigenvalue weighted by Gasteiger charge is -2.19. The minimum atomic E-state index is -0.117. The molecule has 0 fully saturated rings. The van der Waals surface area contributed by atoms with Crippen LogP contribution in [-0.2, 0) is 12.8 Å². The fourth-order valence-electron chi connectivity index (χ4n) is 2.80. The summed E-state index contributed by atoms with van der Waals surface area (Å²) in [5.41, 5.74) is 5.27. The first kappa shape index (κ1) is 14.6. The molecule has 0 aromatic heterocycles. The lowest BCUT2D eigenvalue weighted by atomic mass is 9.89. The van der Waals surface area contributed by atoms with Gasteiger partial charge in [-0.1, -0.05) is 50.1 Å². The van der Waals surface area contributed by atoms with Gasteiger partial charge in [0.25, 0.3) is 0 Å². The average Bonchev–Trinajstić information content (AvgIpc) is 2.48. The van der Waals surface area contributed by atoms with Crippen LogP contribution in [0.25, 0.3) is 0 Å². The summed E-state index contributed by atoms with van der Waals surface area (Å²) in [6, 6.07) is 12.9. The zero-order valence-electron chi connectivity index (χ0n) is 11.0. The van der Waals surface area contributed by atoms with E-state index >= 15 is 0 Å². The standard InChI is InChI=1S/C17H15Br2Cl/c18-14-7-8-16(19)15(10-14)17(20)13-6-5-11-3-1-2-4-12(11)9-13/h5-10,17H,1-4H2. The second kappa shape index (κ2) is 6.21. The Balaban J connectivity index is 1.97. The largest absolute Gasteiger partial charge is 0.113 e. The highest BCUT2D eigenvalue weighted by Gasteiger charge is 2.17. The molecular formula is C17H15Br2Cl. The summed E-state index contributed by atoms with van der Waals surface area (Å²) in [4.78, 5) is 0. The molecule has 104 valence electrons. The van der Waals surface area contributed by atoms with E-state index < -0.39 is 0 Å². The highest BCUT2D eigenvalue weighted by atomic mass is 79.9. The van der Waals surface area contributed by atoms with Crippen LogP contribution in [-0.4, -0.2) is 0 Å². The smallest absolute Gasteiger partial charge is 0.0846 e. The van der Waals surface area contributed by atoms with Crippen molar-refractivity contribution in [2.75, 3.05) is 0 Å². The van der Waals surface area contributed by atoms with Crippen molar-refractivity contribution in [1.29, 1.82) is 0 Å². The van der Waals surface area contributed by atoms with Crippen molar-refractivity contribution in [2.24, 2.45) is 0 Å². The van der Waals surface area contributed by atoms with E-state index in [-0.39, 0.29) is 5.38 Å². The molecule has 20 heavy (non-hydrogen) atoms. The summed E-state index contributed by atoms with van der Waals surface area (Å²) < 4.78 is 2.11. The average molecular weight is 415 g/mol. The van der Waals surface area contributed by atoms with Gasteiger partial charge in [0.05, 0.1) is 5.38 Å². The van der Waals surface area contributed by atoms with Crippen LogP contribution in [0.5, 0.6) is 0 Å². The fourth-order valence-corrected chi connectivity index (χ4v) is 4.10. The van der Waals surface area contributed by atoms with Crippen LogP contribution in [0.3, 0.4) is 0 Å². The van der Waals surface area contributed by atoms with Gasteiger partial charge in [0.1, 0.15) is 0 Å². The first-order chi connectivity index (χ1) is 9.65. The first-order valence-corrected chi connectivity index (χ1v) is 8.88. The molecule has 0 heterocycles. The van der Waals surface area contributed by atoms with Crippen LogP contribution in [0.1, 0.15) is 40.5 Å². The summed E-state index contributed by atoms with van der Waals surface area (Å²) in [5.74, 6) is 0. The van der Waals surface area contributed by atoms with Gasteiger partial charge in [-0.2, -0.15) is 0 Å². The molecule has 0 amide bonds. The molecule has 0 nitrogen and oxygen atoms in total.